The van der Waals surface area contributed by atoms with E-state index in [4.69, 9.17) is 15.9 Å². The molecule has 50 valence electrons. The van der Waals surface area contributed by atoms with Crippen LogP contribution in [0.4, 0.5) is 0 Å². The third kappa shape index (κ3) is 2.26. The van der Waals surface area contributed by atoms with Crippen molar-refractivity contribution in [2.75, 3.05) is 6.54 Å². The molecule has 0 saturated heterocycles. The average Bonchev–Trinajstić information content (AvgIpc) is 1.84. The molecule has 0 aromatic carbocycles. The van der Waals surface area contributed by atoms with Crippen molar-refractivity contribution in [3.05, 3.63) is 0 Å². The van der Waals surface area contributed by atoms with Crippen molar-refractivity contribution in [2.45, 2.75) is 25.6 Å². The van der Waals surface area contributed by atoms with Crippen LogP contribution in [0.15, 0.2) is 0 Å². The SMILES string of the molecule is CC[C@H](O)[C@@H](O)CN. The number of aliphatic hydroxyl groups excluding tert-OH is 2. The van der Waals surface area contributed by atoms with Crippen molar-refractivity contribution < 1.29 is 10.2 Å². The minimum absolute atomic E-state index is 0.134. The number of rotatable bonds is 3. The highest BCUT2D eigenvalue weighted by Gasteiger charge is 2.10. The van der Waals surface area contributed by atoms with Crippen molar-refractivity contribution in [1.29, 1.82) is 0 Å². The quantitative estimate of drug-likeness (QED) is 0.450. The van der Waals surface area contributed by atoms with Crippen molar-refractivity contribution in [3.8, 4) is 0 Å². The van der Waals surface area contributed by atoms with E-state index in [9.17, 15) is 0 Å². The van der Waals surface area contributed by atoms with Crippen molar-refractivity contribution in [3.63, 3.8) is 0 Å². The van der Waals surface area contributed by atoms with Gasteiger partial charge >= 0.3 is 0 Å². The fourth-order valence-corrected chi connectivity index (χ4v) is 0.429. The van der Waals surface area contributed by atoms with Gasteiger partial charge in [-0.25, -0.2) is 0 Å². The van der Waals surface area contributed by atoms with E-state index in [0.717, 1.165) is 0 Å². The summed E-state index contributed by atoms with van der Waals surface area (Å²) in [6.45, 7) is 1.93. The Kier molecular flexibility index (Phi) is 3.77. The van der Waals surface area contributed by atoms with E-state index in [2.05, 4.69) is 0 Å². The lowest BCUT2D eigenvalue weighted by atomic mass is 10.1. The topological polar surface area (TPSA) is 66.5 Å². The summed E-state index contributed by atoms with van der Waals surface area (Å²) < 4.78 is 0. The smallest absolute Gasteiger partial charge is 0.0920 e. The first-order valence-electron chi connectivity index (χ1n) is 2.78. The van der Waals surface area contributed by atoms with Crippen LogP contribution in [0.5, 0.6) is 0 Å². The van der Waals surface area contributed by atoms with Crippen LogP contribution in [0.25, 0.3) is 0 Å². The normalized spacial score (nSPS) is 18.0. The summed E-state index contributed by atoms with van der Waals surface area (Å²) in [5, 5.41) is 17.5. The molecule has 0 saturated carbocycles. The summed E-state index contributed by atoms with van der Waals surface area (Å²) in [7, 11) is 0. The molecule has 0 aliphatic carbocycles. The second-order valence-corrected chi connectivity index (χ2v) is 1.78. The van der Waals surface area contributed by atoms with Crippen LogP contribution in [-0.2, 0) is 0 Å². The molecule has 3 nitrogen and oxygen atoms in total. The Morgan fingerprint density at radius 2 is 1.88 bits per heavy atom. The summed E-state index contributed by atoms with van der Waals surface area (Å²) in [5.74, 6) is 0. The van der Waals surface area contributed by atoms with Crippen LogP contribution in [0.3, 0.4) is 0 Å². The van der Waals surface area contributed by atoms with Gasteiger partial charge in [0.25, 0.3) is 0 Å². The first-order chi connectivity index (χ1) is 3.72. The van der Waals surface area contributed by atoms with Gasteiger partial charge < -0.3 is 15.9 Å². The van der Waals surface area contributed by atoms with Gasteiger partial charge in [0, 0.05) is 6.54 Å². The zero-order chi connectivity index (χ0) is 6.57. The average molecular weight is 119 g/mol. The molecular weight excluding hydrogens is 106 g/mol. The summed E-state index contributed by atoms with van der Waals surface area (Å²) in [6.07, 6.45) is -0.849. The van der Waals surface area contributed by atoms with Gasteiger partial charge in [-0.3, -0.25) is 0 Å². The Bertz CT molecular complexity index is 50.4. The second-order valence-electron chi connectivity index (χ2n) is 1.78. The molecule has 3 heteroatoms. The van der Waals surface area contributed by atoms with E-state index in [-0.39, 0.29) is 6.54 Å². The zero-order valence-electron chi connectivity index (χ0n) is 5.04. The predicted molar refractivity (Wildman–Crippen MR) is 31.4 cm³/mol. The molecule has 0 radical (unpaired) electrons. The highest BCUT2D eigenvalue weighted by atomic mass is 16.3. The molecule has 0 aromatic heterocycles. The van der Waals surface area contributed by atoms with Gasteiger partial charge in [0.05, 0.1) is 12.2 Å². The molecule has 8 heavy (non-hydrogen) atoms. The Labute approximate surface area is 49.1 Å². The minimum Gasteiger partial charge on any atom is -0.390 e. The van der Waals surface area contributed by atoms with Gasteiger partial charge in [0.2, 0.25) is 0 Å². The van der Waals surface area contributed by atoms with Gasteiger partial charge in [-0.15, -0.1) is 0 Å². The number of hydrogen-bond acceptors (Lipinski definition) is 3. The van der Waals surface area contributed by atoms with Gasteiger partial charge in [-0.1, -0.05) is 6.92 Å². The number of nitrogens with two attached hydrogens (primary N) is 1. The third-order valence-corrected chi connectivity index (χ3v) is 1.10. The predicted octanol–water partition coefficient (Wildman–Crippen LogP) is -0.923. The maximum atomic E-state index is 8.80. The molecule has 0 bridgehead atoms. The molecule has 0 heterocycles. The maximum absolute atomic E-state index is 8.80. The van der Waals surface area contributed by atoms with Crippen molar-refractivity contribution in [2.24, 2.45) is 5.73 Å². The number of aliphatic hydroxyl groups is 2. The van der Waals surface area contributed by atoms with Crippen LogP contribution in [-0.4, -0.2) is 29.0 Å². The van der Waals surface area contributed by atoms with E-state index in [1.165, 1.54) is 0 Å². The van der Waals surface area contributed by atoms with E-state index in [0.29, 0.717) is 6.42 Å². The molecule has 0 aliphatic rings. The van der Waals surface area contributed by atoms with Gasteiger partial charge in [-0.2, -0.15) is 0 Å². The van der Waals surface area contributed by atoms with Crippen LogP contribution >= 0.6 is 0 Å². The highest BCUT2D eigenvalue weighted by molar-refractivity contribution is 4.64. The first kappa shape index (κ1) is 7.88. The Morgan fingerprint density at radius 3 is 2.00 bits per heavy atom. The van der Waals surface area contributed by atoms with Crippen LogP contribution in [0.2, 0.25) is 0 Å². The molecule has 0 fully saturated rings. The molecule has 0 aliphatic heterocycles. The van der Waals surface area contributed by atoms with Gasteiger partial charge in [0.15, 0.2) is 0 Å². The zero-order valence-corrected chi connectivity index (χ0v) is 5.04. The number of hydrogen-bond donors (Lipinski definition) is 3. The fraction of sp³-hybridized carbons (Fsp3) is 1.00. The standard InChI is InChI=1S/C5H13NO2/c1-2-4(7)5(8)3-6/h4-5,7-8H,2-3,6H2,1H3/t4-,5-/m0/s1. The third-order valence-electron chi connectivity index (χ3n) is 1.10. The molecule has 4 N–H and O–H groups in total. The molecule has 0 rings (SSSR count). The summed E-state index contributed by atoms with van der Waals surface area (Å²) in [4.78, 5) is 0. The first-order valence-corrected chi connectivity index (χ1v) is 2.78. The Morgan fingerprint density at radius 1 is 1.38 bits per heavy atom. The summed E-state index contributed by atoms with van der Waals surface area (Å²) >= 11 is 0. The van der Waals surface area contributed by atoms with E-state index in [1.807, 2.05) is 0 Å². The second kappa shape index (κ2) is 3.83. The lowest BCUT2D eigenvalue weighted by Crippen LogP contribution is -2.32. The molecular formula is C5H13NO2. The molecule has 0 spiro atoms. The molecule has 0 aromatic rings. The molecule has 2 atom stereocenters. The van der Waals surface area contributed by atoms with E-state index < -0.39 is 12.2 Å². The molecule has 0 unspecified atom stereocenters. The van der Waals surface area contributed by atoms with Crippen molar-refractivity contribution in [1.82, 2.24) is 0 Å². The molecule has 0 amide bonds. The van der Waals surface area contributed by atoms with Crippen LogP contribution in [0.1, 0.15) is 13.3 Å². The van der Waals surface area contributed by atoms with Gasteiger partial charge in [-0.05, 0) is 6.42 Å². The van der Waals surface area contributed by atoms with Crippen LogP contribution in [0, 0.1) is 0 Å². The van der Waals surface area contributed by atoms with Gasteiger partial charge in [0.1, 0.15) is 0 Å². The Hall–Kier alpha value is -0.120. The monoisotopic (exact) mass is 119 g/mol. The van der Waals surface area contributed by atoms with Crippen LogP contribution < -0.4 is 5.73 Å². The minimum atomic E-state index is -0.750. The Balaban J connectivity index is 3.29. The lowest BCUT2D eigenvalue weighted by molar-refractivity contribution is 0.0234. The van der Waals surface area contributed by atoms with Crippen molar-refractivity contribution >= 4 is 0 Å². The van der Waals surface area contributed by atoms with E-state index in [1.54, 1.807) is 6.92 Å². The fourth-order valence-electron chi connectivity index (χ4n) is 0.429. The lowest BCUT2D eigenvalue weighted by Gasteiger charge is -2.12. The summed E-state index contributed by atoms with van der Waals surface area (Å²) in [5.41, 5.74) is 5.04. The highest BCUT2D eigenvalue weighted by Crippen LogP contribution is 1.94. The van der Waals surface area contributed by atoms with E-state index >= 15 is 0 Å². The largest absolute Gasteiger partial charge is 0.390 e. The summed E-state index contributed by atoms with van der Waals surface area (Å²) in [6, 6.07) is 0. The maximum Gasteiger partial charge on any atom is 0.0920 e.